The highest BCUT2D eigenvalue weighted by Crippen LogP contribution is 2.50. The molecule has 2 aliphatic rings. The summed E-state index contributed by atoms with van der Waals surface area (Å²) in [4.78, 5) is 25.7. The molecule has 0 aliphatic carbocycles. The summed E-state index contributed by atoms with van der Waals surface area (Å²) in [6.07, 6.45) is -0.0501. The number of nitrogens with zero attached hydrogens (tertiary/aromatic N) is 4. The lowest BCUT2D eigenvalue weighted by atomic mass is 10.1. The van der Waals surface area contributed by atoms with Gasteiger partial charge in [0.25, 0.3) is 5.91 Å². The quantitative estimate of drug-likeness (QED) is 0.211. The van der Waals surface area contributed by atoms with Crippen LogP contribution in [0.15, 0.2) is 73.3 Å². The van der Waals surface area contributed by atoms with Crippen molar-refractivity contribution in [3.05, 3.63) is 84.4 Å². The number of amides is 1. The minimum Gasteiger partial charge on any atom is -0.341 e. The molecule has 2 saturated heterocycles. The van der Waals surface area contributed by atoms with Crippen LogP contribution in [0.1, 0.15) is 35.9 Å². The number of aromatic nitrogens is 4. The summed E-state index contributed by atoms with van der Waals surface area (Å²) in [7, 11) is -3.64. The van der Waals surface area contributed by atoms with Crippen LogP contribution in [0.25, 0.3) is 11.2 Å². The molecule has 42 heavy (non-hydrogen) atoms. The van der Waals surface area contributed by atoms with E-state index in [4.69, 9.17) is 18.5 Å². The van der Waals surface area contributed by atoms with Crippen molar-refractivity contribution in [1.82, 2.24) is 24.8 Å². The predicted molar refractivity (Wildman–Crippen MR) is 150 cm³/mol. The molecule has 1 amide bonds. The smallest absolute Gasteiger partial charge is 0.328 e. The second kappa shape index (κ2) is 10.9. The van der Waals surface area contributed by atoms with Crippen LogP contribution in [0.5, 0.6) is 0 Å². The van der Waals surface area contributed by atoms with Gasteiger partial charge in [-0.3, -0.25) is 19.2 Å². The van der Waals surface area contributed by atoms with E-state index in [1.165, 1.54) is 19.3 Å². The van der Waals surface area contributed by atoms with Gasteiger partial charge in [-0.25, -0.2) is 19.3 Å². The van der Waals surface area contributed by atoms with Gasteiger partial charge in [-0.2, -0.15) is 0 Å². The number of fused-ring (bicyclic) bond motifs is 2. The summed E-state index contributed by atoms with van der Waals surface area (Å²) >= 11 is 0. The summed E-state index contributed by atoms with van der Waals surface area (Å²) < 4.78 is 54.4. The fourth-order valence-corrected chi connectivity index (χ4v) is 5.95. The number of hydrogen-bond acceptors (Lipinski definition) is 10. The fourth-order valence-electron chi connectivity index (χ4n) is 5.07. The first kappa shape index (κ1) is 28.5. The number of benzene rings is 2. The van der Waals surface area contributed by atoms with Crippen molar-refractivity contribution in [3.63, 3.8) is 0 Å². The van der Waals surface area contributed by atoms with E-state index in [9.17, 15) is 9.36 Å². The van der Waals surface area contributed by atoms with Gasteiger partial charge in [0, 0.05) is 12.2 Å². The van der Waals surface area contributed by atoms with Gasteiger partial charge in [-0.05, 0) is 31.5 Å². The van der Waals surface area contributed by atoms with Crippen LogP contribution in [0.3, 0.4) is 0 Å². The van der Waals surface area contributed by atoms with Crippen molar-refractivity contribution >= 4 is 30.5 Å². The number of alkyl halides is 1. The predicted octanol–water partition coefficient (Wildman–Crippen LogP) is 4.42. The Balaban J connectivity index is 1.23. The van der Waals surface area contributed by atoms with Crippen LogP contribution < -0.4 is 10.6 Å². The van der Waals surface area contributed by atoms with E-state index >= 15 is 4.39 Å². The van der Waals surface area contributed by atoms with Crippen molar-refractivity contribution in [2.75, 3.05) is 18.6 Å². The molecule has 5 atom stereocenters. The second-order valence-corrected chi connectivity index (χ2v) is 12.7. The third-order valence-electron chi connectivity index (χ3n) is 7.02. The zero-order valence-corrected chi connectivity index (χ0v) is 24.0. The molecule has 14 heteroatoms. The lowest BCUT2D eigenvalue weighted by molar-refractivity contribution is -0.180. The number of anilines is 1. The van der Waals surface area contributed by atoms with Gasteiger partial charge in [-0.15, -0.1) is 0 Å². The van der Waals surface area contributed by atoms with Crippen LogP contribution in [-0.4, -0.2) is 62.5 Å². The second-order valence-electron chi connectivity index (χ2n) is 10.6. The molecule has 0 saturated carbocycles. The Labute approximate surface area is 241 Å². The van der Waals surface area contributed by atoms with Gasteiger partial charge in [0.15, 0.2) is 22.8 Å². The molecule has 12 nitrogen and oxygen atoms in total. The molecule has 2 aromatic carbocycles. The van der Waals surface area contributed by atoms with E-state index in [-0.39, 0.29) is 18.3 Å². The minimum atomic E-state index is -3.64. The maximum atomic E-state index is 16.6. The van der Waals surface area contributed by atoms with Gasteiger partial charge in [0.05, 0.1) is 12.9 Å². The van der Waals surface area contributed by atoms with Gasteiger partial charge >= 0.3 is 7.60 Å². The van der Waals surface area contributed by atoms with E-state index in [2.05, 4.69) is 25.6 Å². The molecule has 4 aromatic rings. The van der Waals surface area contributed by atoms with Gasteiger partial charge in [0.1, 0.15) is 31.3 Å². The lowest BCUT2D eigenvalue weighted by Crippen LogP contribution is -2.50. The normalized spacial score (nSPS) is 26.1. The monoisotopic (exact) mass is 596 g/mol. The molecular weight excluding hydrogens is 566 g/mol. The van der Waals surface area contributed by atoms with Crippen LogP contribution >= 0.6 is 7.60 Å². The van der Waals surface area contributed by atoms with E-state index in [1.54, 1.807) is 42.7 Å². The number of hydrogen-bond donors (Lipinski definition) is 2. The molecule has 2 fully saturated rings. The molecule has 4 heterocycles. The topological polar surface area (TPSA) is 139 Å². The van der Waals surface area contributed by atoms with E-state index in [1.807, 2.05) is 36.4 Å². The average molecular weight is 597 g/mol. The fraction of sp³-hybridized carbons (Fsp3) is 0.357. The Morgan fingerprint density at radius 2 is 1.79 bits per heavy atom. The van der Waals surface area contributed by atoms with Gasteiger partial charge in [0.2, 0.25) is 5.79 Å². The van der Waals surface area contributed by atoms with Crippen LogP contribution in [0, 0.1) is 0 Å². The summed E-state index contributed by atoms with van der Waals surface area (Å²) in [6.45, 7) is 4.08. The maximum absolute atomic E-state index is 16.6. The number of halogens is 1. The molecule has 0 spiro atoms. The Morgan fingerprint density at radius 1 is 1.07 bits per heavy atom. The highest BCUT2D eigenvalue weighted by molar-refractivity contribution is 7.52. The molecule has 6 rings (SSSR count). The Bertz CT molecular complexity index is 1640. The number of carbonyl (C=O) groups is 1. The lowest BCUT2D eigenvalue weighted by Gasteiger charge is -2.29. The summed E-state index contributed by atoms with van der Waals surface area (Å²) in [6, 6.07) is 17.9. The van der Waals surface area contributed by atoms with Crippen molar-refractivity contribution in [2.45, 2.75) is 50.4 Å². The molecule has 2 N–H and O–H groups in total. The van der Waals surface area contributed by atoms with E-state index in [0.717, 1.165) is 5.56 Å². The molecule has 220 valence electrons. The van der Waals surface area contributed by atoms with Crippen LogP contribution in [-0.2, 0) is 29.7 Å². The highest BCUT2D eigenvalue weighted by atomic mass is 31.2. The van der Waals surface area contributed by atoms with Crippen molar-refractivity contribution in [3.8, 4) is 0 Å². The minimum absolute atomic E-state index is 0.0481. The third-order valence-corrected chi connectivity index (χ3v) is 8.22. The summed E-state index contributed by atoms with van der Waals surface area (Å²) in [5, 5.41) is 5.65. The van der Waals surface area contributed by atoms with Crippen molar-refractivity contribution in [1.29, 1.82) is 0 Å². The van der Waals surface area contributed by atoms with Gasteiger partial charge in [-0.1, -0.05) is 48.5 Å². The maximum Gasteiger partial charge on any atom is 0.328 e. The summed E-state index contributed by atoms with van der Waals surface area (Å²) in [5.74, 6) is -3.58. The molecule has 0 bridgehead atoms. The molecule has 2 aromatic heterocycles. The van der Waals surface area contributed by atoms with E-state index in [0.29, 0.717) is 16.7 Å². The Morgan fingerprint density at radius 3 is 2.52 bits per heavy atom. The first-order valence-corrected chi connectivity index (χ1v) is 15.3. The largest absolute Gasteiger partial charge is 0.341 e. The number of carbonyl (C=O) groups excluding carboxylic acids is 1. The average Bonchev–Trinajstić information content (AvgIpc) is 3.63. The number of imidazole rings is 1. The van der Waals surface area contributed by atoms with E-state index < -0.39 is 44.2 Å². The third kappa shape index (κ3) is 5.71. The zero-order valence-electron chi connectivity index (χ0n) is 23.1. The molecule has 0 radical (unpaired) electrons. The van der Waals surface area contributed by atoms with Crippen molar-refractivity contribution in [2.24, 2.45) is 0 Å². The molecular formula is C28H30FN6O6P. The van der Waals surface area contributed by atoms with Crippen LogP contribution in [0.2, 0.25) is 0 Å². The summed E-state index contributed by atoms with van der Waals surface area (Å²) in [5.41, 5.74) is 1.89. The zero-order chi connectivity index (χ0) is 29.5. The molecule has 2 aliphatic heterocycles. The standard InChI is InChI=1S/C28H30FN6O6P/c1-27(2)40-21-22(41-27)28(29,15-39-42(3,37)38-14-18-10-6-4-7-11-18)34-25(21)35-17-32-20-23(30-16-31-24(20)35)33-26(36)19-12-8-5-9-13-19/h4-13,16-17,21-22,25,34H,14-15H2,1-3H3,(H,30,31,33,36)/t21-,22?,25-,28+,42?/m0/s1. The first-order chi connectivity index (χ1) is 20.0. The van der Waals surface area contributed by atoms with Gasteiger partial charge < -0.3 is 23.8 Å². The Hall–Kier alpha value is -3.58. The first-order valence-electron chi connectivity index (χ1n) is 13.3. The number of nitrogens with one attached hydrogen (secondary N) is 2. The highest BCUT2D eigenvalue weighted by Gasteiger charge is 2.63. The Kier molecular flexibility index (Phi) is 7.42. The van der Waals surface area contributed by atoms with Crippen LogP contribution in [0.4, 0.5) is 10.2 Å². The van der Waals surface area contributed by atoms with Crippen molar-refractivity contribution < 1.29 is 32.3 Å². The SMILES string of the molecule is CC1(C)OC2[C@H](O1)[C@H](n1cnc3c(NC(=O)c4ccccc4)ncnc31)N[C@]2(F)COP(C)(=O)OCc1ccccc1. The number of ether oxygens (including phenoxy) is 2. The molecule has 2 unspecified atom stereocenters. The number of rotatable bonds is 9.